The molecule has 0 radical (unpaired) electrons. The van der Waals surface area contributed by atoms with E-state index in [1.165, 1.54) is 11.8 Å². The molecule has 0 aliphatic rings. The number of benzene rings is 1. The Morgan fingerprint density at radius 1 is 1.20 bits per heavy atom. The van der Waals surface area contributed by atoms with Crippen molar-refractivity contribution >= 4 is 29.3 Å². The predicted octanol–water partition coefficient (Wildman–Crippen LogP) is 3.09. The van der Waals surface area contributed by atoms with E-state index in [4.69, 9.17) is 4.74 Å². The van der Waals surface area contributed by atoms with Gasteiger partial charge in [-0.15, -0.1) is 11.8 Å². The Morgan fingerprint density at radius 3 is 2.40 bits per heavy atom. The Hall–Kier alpha value is -2.28. The Morgan fingerprint density at radius 2 is 1.84 bits per heavy atom. The molecule has 1 aromatic carbocycles. The van der Waals surface area contributed by atoms with E-state index in [0.717, 1.165) is 16.3 Å². The summed E-state index contributed by atoms with van der Waals surface area (Å²) in [6.07, 6.45) is -0.884. The number of esters is 1. The number of carbonyl (C=O) groups excluding carboxylic acids is 2. The molecule has 0 saturated heterocycles. The van der Waals surface area contributed by atoms with E-state index in [9.17, 15) is 9.59 Å². The standard InChI is InChI=1S/C18H23N3O3S/c1-11-16(12(2)21(5)20-11)19-17(22)13(3)24-18(23)14(4)25-15-9-7-6-8-10-15/h6-10,13-14H,1-5H3,(H,19,22)/t13-,14-/m1/s1. The molecule has 0 spiro atoms. The number of rotatable bonds is 6. The van der Waals surface area contributed by atoms with Crippen molar-refractivity contribution in [2.45, 2.75) is 43.9 Å². The molecule has 25 heavy (non-hydrogen) atoms. The van der Waals surface area contributed by atoms with E-state index < -0.39 is 17.3 Å². The zero-order valence-electron chi connectivity index (χ0n) is 15.1. The molecule has 6 nitrogen and oxygen atoms in total. The van der Waals surface area contributed by atoms with Crippen molar-refractivity contribution in [2.24, 2.45) is 7.05 Å². The molecule has 1 heterocycles. The molecule has 0 saturated carbocycles. The second kappa shape index (κ2) is 8.20. The van der Waals surface area contributed by atoms with Gasteiger partial charge in [0.1, 0.15) is 5.25 Å². The maximum Gasteiger partial charge on any atom is 0.319 e. The molecule has 1 aromatic heterocycles. The zero-order chi connectivity index (χ0) is 18.6. The van der Waals surface area contributed by atoms with Gasteiger partial charge >= 0.3 is 5.97 Å². The molecule has 2 atom stereocenters. The van der Waals surface area contributed by atoms with E-state index >= 15 is 0 Å². The van der Waals surface area contributed by atoms with Gasteiger partial charge in [0.05, 0.1) is 17.1 Å². The molecule has 0 aliphatic carbocycles. The highest BCUT2D eigenvalue weighted by Gasteiger charge is 2.24. The summed E-state index contributed by atoms with van der Waals surface area (Å²) in [6, 6.07) is 9.60. The number of hydrogen-bond donors (Lipinski definition) is 1. The van der Waals surface area contributed by atoms with Crippen LogP contribution in [-0.4, -0.2) is 33.0 Å². The van der Waals surface area contributed by atoms with E-state index in [1.807, 2.05) is 51.2 Å². The molecular weight excluding hydrogens is 338 g/mol. The average Bonchev–Trinajstić information content (AvgIpc) is 2.81. The quantitative estimate of drug-likeness (QED) is 0.632. The zero-order valence-corrected chi connectivity index (χ0v) is 15.9. The van der Waals surface area contributed by atoms with Crippen LogP contribution in [0.1, 0.15) is 25.2 Å². The van der Waals surface area contributed by atoms with Crippen LogP contribution < -0.4 is 5.32 Å². The van der Waals surface area contributed by atoms with E-state index in [1.54, 1.807) is 18.5 Å². The lowest BCUT2D eigenvalue weighted by molar-refractivity contribution is -0.152. The second-order valence-corrected chi connectivity index (χ2v) is 7.23. The van der Waals surface area contributed by atoms with E-state index in [2.05, 4.69) is 10.4 Å². The number of thioether (sulfide) groups is 1. The highest BCUT2D eigenvalue weighted by Crippen LogP contribution is 2.24. The summed E-state index contributed by atoms with van der Waals surface area (Å²) in [5.74, 6) is -0.791. The molecule has 134 valence electrons. The van der Waals surface area contributed by atoms with Crippen LogP contribution in [0.2, 0.25) is 0 Å². The first-order chi connectivity index (χ1) is 11.8. The van der Waals surface area contributed by atoms with Crippen LogP contribution >= 0.6 is 11.8 Å². The molecule has 2 rings (SSSR count). The molecule has 0 fully saturated rings. The molecule has 1 N–H and O–H groups in total. The van der Waals surface area contributed by atoms with Gasteiger partial charge in [0.2, 0.25) is 0 Å². The Kier molecular flexibility index (Phi) is 6.25. The van der Waals surface area contributed by atoms with Gasteiger partial charge in [-0.1, -0.05) is 18.2 Å². The predicted molar refractivity (Wildman–Crippen MR) is 98.6 cm³/mol. The van der Waals surface area contributed by atoms with Crippen LogP contribution in [0.5, 0.6) is 0 Å². The number of nitrogens with zero attached hydrogens (tertiary/aromatic N) is 2. The highest BCUT2D eigenvalue weighted by atomic mass is 32.2. The number of ether oxygens (including phenoxy) is 1. The SMILES string of the molecule is Cc1nn(C)c(C)c1NC(=O)[C@@H](C)OC(=O)[C@@H](C)Sc1ccccc1. The average molecular weight is 361 g/mol. The molecule has 0 bridgehead atoms. The summed E-state index contributed by atoms with van der Waals surface area (Å²) in [5, 5.41) is 6.63. The van der Waals surface area contributed by atoms with Crippen LogP contribution in [0.25, 0.3) is 0 Å². The first-order valence-electron chi connectivity index (χ1n) is 8.03. The summed E-state index contributed by atoms with van der Waals surface area (Å²) in [5.41, 5.74) is 2.22. The smallest absolute Gasteiger partial charge is 0.319 e. The van der Waals surface area contributed by atoms with E-state index in [0.29, 0.717) is 5.69 Å². The van der Waals surface area contributed by atoms with Gasteiger partial charge in [0.15, 0.2) is 6.10 Å². The van der Waals surface area contributed by atoms with Crippen molar-refractivity contribution in [3.05, 3.63) is 41.7 Å². The van der Waals surface area contributed by atoms with Gasteiger partial charge in [-0.25, -0.2) is 0 Å². The minimum absolute atomic E-state index is 0.371. The van der Waals surface area contributed by atoms with Crippen molar-refractivity contribution in [3.63, 3.8) is 0 Å². The van der Waals surface area contributed by atoms with Crippen molar-refractivity contribution < 1.29 is 14.3 Å². The third kappa shape index (κ3) is 4.85. The lowest BCUT2D eigenvalue weighted by Crippen LogP contribution is -2.32. The first-order valence-corrected chi connectivity index (χ1v) is 8.90. The number of nitrogens with one attached hydrogen (secondary N) is 1. The van der Waals surface area contributed by atoms with Gasteiger partial charge in [-0.05, 0) is 39.8 Å². The van der Waals surface area contributed by atoms with Crippen molar-refractivity contribution in [1.29, 1.82) is 0 Å². The second-order valence-electron chi connectivity index (χ2n) is 5.81. The summed E-state index contributed by atoms with van der Waals surface area (Å²) in [6.45, 7) is 7.01. The summed E-state index contributed by atoms with van der Waals surface area (Å²) < 4.78 is 7.00. The van der Waals surface area contributed by atoms with Crippen LogP contribution in [-0.2, 0) is 21.4 Å². The maximum atomic E-state index is 12.3. The number of aryl methyl sites for hydroxylation is 2. The topological polar surface area (TPSA) is 73.2 Å². The summed E-state index contributed by atoms with van der Waals surface area (Å²) in [4.78, 5) is 25.5. The molecular formula is C18H23N3O3S. The van der Waals surface area contributed by atoms with E-state index in [-0.39, 0.29) is 5.91 Å². The Bertz CT molecular complexity index is 758. The van der Waals surface area contributed by atoms with Gasteiger partial charge in [0.25, 0.3) is 5.91 Å². The van der Waals surface area contributed by atoms with Crippen molar-refractivity contribution in [1.82, 2.24) is 9.78 Å². The molecule has 0 aliphatic heterocycles. The lowest BCUT2D eigenvalue weighted by atomic mass is 10.3. The Balaban J connectivity index is 1.92. The van der Waals surface area contributed by atoms with Gasteiger partial charge in [-0.2, -0.15) is 5.10 Å². The van der Waals surface area contributed by atoms with Crippen LogP contribution in [0.4, 0.5) is 5.69 Å². The maximum absolute atomic E-state index is 12.3. The Labute approximate surface area is 151 Å². The fourth-order valence-electron chi connectivity index (χ4n) is 2.25. The normalized spacial score (nSPS) is 13.2. The third-order valence-electron chi connectivity index (χ3n) is 3.81. The van der Waals surface area contributed by atoms with Crippen LogP contribution in [0.3, 0.4) is 0 Å². The largest absolute Gasteiger partial charge is 0.452 e. The van der Waals surface area contributed by atoms with Gasteiger partial charge in [-0.3, -0.25) is 14.3 Å². The number of anilines is 1. The van der Waals surface area contributed by atoms with Crippen LogP contribution in [0, 0.1) is 13.8 Å². The fourth-order valence-corrected chi connectivity index (χ4v) is 3.13. The molecule has 0 unspecified atom stereocenters. The summed E-state index contributed by atoms with van der Waals surface area (Å²) >= 11 is 1.40. The molecule has 7 heteroatoms. The highest BCUT2D eigenvalue weighted by molar-refractivity contribution is 8.00. The third-order valence-corrected chi connectivity index (χ3v) is 4.90. The minimum atomic E-state index is -0.884. The van der Waals surface area contributed by atoms with Crippen molar-refractivity contribution in [3.8, 4) is 0 Å². The summed E-state index contributed by atoms with van der Waals surface area (Å²) in [7, 11) is 1.81. The van der Waals surface area contributed by atoms with Crippen LogP contribution in [0.15, 0.2) is 35.2 Å². The lowest BCUT2D eigenvalue weighted by Gasteiger charge is -2.16. The number of carbonyl (C=O) groups is 2. The number of aromatic nitrogens is 2. The fraction of sp³-hybridized carbons (Fsp3) is 0.389. The van der Waals surface area contributed by atoms with Gasteiger partial charge < -0.3 is 10.1 Å². The monoisotopic (exact) mass is 361 g/mol. The number of hydrogen-bond acceptors (Lipinski definition) is 5. The van der Waals surface area contributed by atoms with Gasteiger partial charge in [0, 0.05) is 11.9 Å². The first kappa shape index (κ1) is 19.1. The molecule has 1 amide bonds. The number of amides is 1. The molecule has 2 aromatic rings. The van der Waals surface area contributed by atoms with Crippen molar-refractivity contribution in [2.75, 3.05) is 5.32 Å². The minimum Gasteiger partial charge on any atom is -0.452 e.